The van der Waals surface area contributed by atoms with Crippen LogP contribution in [0.5, 0.6) is 11.5 Å². The molecule has 3 aromatic carbocycles. The van der Waals surface area contributed by atoms with Gasteiger partial charge in [-0.05, 0) is 54.8 Å². The van der Waals surface area contributed by atoms with Gasteiger partial charge in [0, 0.05) is 38.5 Å². The molecule has 1 amide bonds. The summed E-state index contributed by atoms with van der Waals surface area (Å²) < 4.78 is 39.9. The minimum atomic E-state index is -3.75. The van der Waals surface area contributed by atoms with Crippen LogP contribution in [0.15, 0.2) is 89.8 Å². The van der Waals surface area contributed by atoms with E-state index >= 15 is 0 Å². The van der Waals surface area contributed by atoms with Crippen molar-refractivity contribution in [3.05, 3.63) is 90.5 Å². The summed E-state index contributed by atoms with van der Waals surface area (Å²) in [7, 11) is -0.418. The molecule has 8 heteroatoms. The zero-order valence-electron chi connectivity index (χ0n) is 21.4. The Morgan fingerprint density at radius 2 is 1.59 bits per heavy atom. The van der Waals surface area contributed by atoms with Gasteiger partial charge in [-0.15, -0.1) is 0 Å². The van der Waals surface area contributed by atoms with Crippen LogP contribution in [0.4, 0.5) is 0 Å². The van der Waals surface area contributed by atoms with Crippen LogP contribution in [0, 0.1) is 5.41 Å². The SMILES string of the molecule is COc1ccc(S(=O)(=O)N2CCC[C@@](COc3ccccc3)(CC(=O)N(C)Cc3ccccc3)C2)cc1. The van der Waals surface area contributed by atoms with E-state index < -0.39 is 15.4 Å². The molecule has 1 aliphatic rings. The standard InChI is InChI=1S/C29H34N2O5S/c1-30(21-24-10-5-3-6-11-24)28(32)20-29(23-36-26-12-7-4-8-13-26)18-9-19-31(22-29)37(33,34)27-16-14-25(35-2)15-17-27/h3-8,10-17H,9,18-23H2,1-2H3/t29-/m1/s1. The second-order valence-corrected chi connectivity index (χ2v) is 11.6. The number of sulfonamides is 1. The van der Waals surface area contributed by atoms with Gasteiger partial charge in [-0.25, -0.2) is 8.42 Å². The highest BCUT2D eigenvalue weighted by atomic mass is 32.2. The predicted molar refractivity (Wildman–Crippen MR) is 143 cm³/mol. The Kier molecular flexibility index (Phi) is 8.51. The molecule has 1 heterocycles. The van der Waals surface area contributed by atoms with E-state index in [-0.39, 0.29) is 30.4 Å². The summed E-state index contributed by atoms with van der Waals surface area (Å²) in [6.07, 6.45) is 1.53. The molecule has 0 aliphatic carbocycles. The fourth-order valence-electron chi connectivity index (χ4n) is 4.73. The highest BCUT2D eigenvalue weighted by molar-refractivity contribution is 7.89. The first-order valence-electron chi connectivity index (χ1n) is 12.4. The van der Waals surface area contributed by atoms with Gasteiger partial charge in [0.15, 0.2) is 0 Å². The minimum absolute atomic E-state index is 0.0378. The van der Waals surface area contributed by atoms with Crippen molar-refractivity contribution in [2.24, 2.45) is 5.41 Å². The number of rotatable bonds is 10. The predicted octanol–water partition coefficient (Wildman–Crippen LogP) is 4.59. The second-order valence-electron chi connectivity index (χ2n) is 9.63. The Labute approximate surface area is 219 Å². The smallest absolute Gasteiger partial charge is 0.243 e. The molecule has 196 valence electrons. The van der Waals surface area contributed by atoms with Gasteiger partial charge < -0.3 is 14.4 Å². The fraction of sp³-hybridized carbons (Fsp3) is 0.345. The number of hydrogen-bond acceptors (Lipinski definition) is 5. The van der Waals surface area contributed by atoms with Crippen molar-refractivity contribution in [3.8, 4) is 11.5 Å². The summed E-state index contributed by atoms with van der Waals surface area (Å²) in [4.78, 5) is 15.3. The van der Waals surface area contributed by atoms with Crippen LogP contribution >= 0.6 is 0 Å². The lowest BCUT2D eigenvalue weighted by Crippen LogP contribution is -2.50. The van der Waals surface area contributed by atoms with E-state index in [9.17, 15) is 13.2 Å². The summed E-state index contributed by atoms with van der Waals surface area (Å²) in [5.74, 6) is 1.25. The molecule has 0 radical (unpaired) electrons. The lowest BCUT2D eigenvalue weighted by molar-refractivity contribution is -0.134. The van der Waals surface area contributed by atoms with Gasteiger partial charge in [-0.3, -0.25) is 4.79 Å². The van der Waals surface area contributed by atoms with Crippen molar-refractivity contribution in [1.82, 2.24) is 9.21 Å². The zero-order valence-corrected chi connectivity index (χ0v) is 22.2. The largest absolute Gasteiger partial charge is 0.497 e. The van der Waals surface area contributed by atoms with Crippen LogP contribution in [0.25, 0.3) is 0 Å². The first kappa shape index (κ1) is 26.7. The Bertz CT molecular complexity index is 1270. The summed E-state index contributed by atoms with van der Waals surface area (Å²) in [5, 5.41) is 0. The maximum absolute atomic E-state index is 13.6. The average molecular weight is 523 g/mol. The van der Waals surface area contributed by atoms with Gasteiger partial charge >= 0.3 is 0 Å². The molecule has 1 atom stereocenters. The van der Waals surface area contributed by atoms with Gasteiger partial charge in [0.2, 0.25) is 15.9 Å². The molecule has 0 bridgehead atoms. The fourth-order valence-corrected chi connectivity index (χ4v) is 6.32. The van der Waals surface area contributed by atoms with E-state index in [1.807, 2.05) is 60.7 Å². The van der Waals surface area contributed by atoms with Crippen molar-refractivity contribution in [3.63, 3.8) is 0 Å². The molecule has 0 N–H and O–H groups in total. The van der Waals surface area contributed by atoms with Crippen LogP contribution in [-0.4, -0.2) is 57.4 Å². The first-order valence-corrected chi connectivity index (χ1v) is 13.9. The molecule has 1 aliphatic heterocycles. The number of carbonyl (C=O) groups is 1. The maximum Gasteiger partial charge on any atom is 0.243 e. The summed E-state index contributed by atoms with van der Waals surface area (Å²) in [5.41, 5.74) is 0.385. The van der Waals surface area contributed by atoms with Gasteiger partial charge in [-0.1, -0.05) is 48.5 Å². The number of nitrogens with zero attached hydrogens (tertiary/aromatic N) is 2. The lowest BCUT2D eigenvalue weighted by atomic mass is 9.78. The molecule has 7 nitrogen and oxygen atoms in total. The van der Waals surface area contributed by atoms with E-state index in [0.717, 1.165) is 5.56 Å². The molecule has 0 aromatic heterocycles. The normalized spacial score (nSPS) is 18.2. The molecule has 0 spiro atoms. The zero-order chi connectivity index (χ0) is 26.3. The third-order valence-corrected chi connectivity index (χ3v) is 8.69. The van der Waals surface area contributed by atoms with Gasteiger partial charge in [-0.2, -0.15) is 4.31 Å². The number of amides is 1. The first-order chi connectivity index (χ1) is 17.8. The Morgan fingerprint density at radius 1 is 0.946 bits per heavy atom. The average Bonchev–Trinajstić information content (AvgIpc) is 2.93. The van der Waals surface area contributed by atoms with Crippen LogP contribution < -0.4 is 9.47 Å². The van der Waals surface area contributed by atoms with Crippen molar-refractivity contribution in [2.45, 2.75) is 30.7 Å². The topological polar surface area (TPSA) is 76.1 Å². The molecule has 0 unspecified atom stereocenters. The van der Waals surface area contributed by atoms with Gasteiger partial charge in [0.1, 0.15) is 11.5 Å². The van der Waals surface area contributed by atoms with Crippen LogP contribution in [0.1, 0.15) is 24.8 Å². The molecule has 37 heavy (non-hydrogen) atoms. The summed E-state index contributed by atoms with van der Waals surface area (Å²) in [6.45, 7) is 1.34. The van der Waals surface area contributed by atoms with E-state index in [1.54, 1.807) is 43.3 Å². The number of benzene rings is 3. The Morgan fingerprint density at radius 3 is 2.24 bits per heavy atom. The van der Waals surface area contributed by atoms with Crippen molar-refractivity contribution < 1.29 is 22.7 Å². The molecular weight excluding hydrogens is 488 g/mol. The number of ether oxygens (including phenoxy) is 2. The summed E-state index contributed by atoms with van der Waals surface area (Å²) >= 11 is 0. The molecule has 1 saturated heterocycles. The molecule has 4 rings (SSSR count). The number of hydrogen-bond donors (Lipinski definition) is 0. The monoisotopic (exact) mass is 522 g/mol. The number of para-hydroxylation sites is 1. The highest BCUT2D eigenvalue weighted by Gasteiger charge is 2.43. The van der Waals surface area contributed by atoms with Gasteiger partial charge in [0.25, 0.3) is 0 Å². The molecule has 1 fully saturated rings. The maximum atomic E-state index is 13.6. The van der Waals surface area contributed by atoms with Crippen molar-refractivity contribution in [1.29, 1.82) is 0 Å². The van der Waals surface area contributed by atoms with E-state index in [1.165, 1.54) is 4.31 Å². The van der Waals surface area contributed by atoms with Gasteiger partial charge in [0.05, 0.1) is 18.6 Å². The Balaban J connectivity index is 1.56. The highest BCUT2D eigenvalue weighted by Crippen LogP contribution is 2.37. The van der Waals surface area contributed by atoms with Crippen LogP contribution in [0.2, 0.25) is 0 Å². The summed E-state index contributed by atoms with van der Waals surface area (Å²) in [6, 6.07) is 25.7. The lowest BCUT2D eigenvalue weighted by Gasteiger charge is -2.42. The van der Waals surface area contributed by atoms with E-state index in [2.05, 4.69) is 0 Å². The molecular formula is C29H34N2O5S. The van der Waals surface area contributed by atoms with Crippen LogP contribution in [-0.2, 0) is 21.4 Å². The Hall–Kier alpha value is -3.36. The van der Waals surface area contributed by atoms with Crippen molar-refractivity contribution >= 4 is 15.9 Å². The van der Waals surface area contributed by atoms with E-state index in [4.69, 9.17) is 9.47 Å². The van der Waals surface area contributed by atoms with Crippen molar-refractivity contribution in [2.75, 3.05) is 33.9 Å². The number of piperidine rings is 1. The molecule has 3 aromatic rings. The second kappa shape index (κ2) is 11.8. The molecule has 0 saturated carbocycles. The third-order valence-electron chi connectivity index (χ3n) is 6.83. The van der Waals surface area contributed by atoms with E-state index in [0.29, 0.717) is 37.4 Å². The quantitative estimate of drug-likeness (QED) is 0.389. The minimum Gasteiger partial charge on any atom is -0.497 e. The number of carbonyl (C=O) groups excluding carboxylic acids is 1. The number of methoxy groups -OCH3 is 1. The third kappa shape index (κ3) is 6.70. The van der Waals surface area contributed by atoms with Crippen LogP contribution in [0.3, 0.4) is 0 Å².